The highest BCUT2D eigenvalue weighted by Gasteiger charge is 2.12. The van der Waals surface area contributed by atoms with Crippen LogP contribution in [0.3, 0.4) is 0 Å². The summed E-state index contributed by atoms with van der Waals surface area (Å²) in [6.07, 6.45) is 0. The second kappa shape index (κ2) is 4.33. The number of aromatic nitrogens is 2. The van der Waals surface area contributed by atoms with Gasteiger partial charge in [-0.1, -0.05) is 18.2 Å². The fraction of sp³-hybridized carbons (Fsp3) is 0.167. The van der Waals surface area contributed by atoms with E-state index in [0.717, 1.165) is 16.7 Å². The van der Waals surface area contributed by atoms with Crippen molar-refractivity contribution in [1.82, 2.24) is 9.97 Å². The Kier molecular flexibility index (Phi) is 3.02. The molecule has 0 saturated heterocycles. The van der Waals surface area contributed by atoms with Gasteiger partial charge in [0.2, 0.25) is 5.88 Å². The summed E-state index contributed by atoms with van der Waals surface area (Å²) in [5, 5.41) is 9.55. The third kappa shape index (κ3) is 2.10. The Balaban J connectivity index is 2.74. The number of hydrogen-bond donors (Lipinski definition) is 2. The topological polar surface area (TPSA) is 66.0 Å². The van der Waals surface area contributed by atoms with E-state index in [4.69, 9.17) is 0 Å². The molecule has 5 heteroatoms. The molecule has 0 radical (unpaired) electrons. The minimum absolute atomic E-state index is 0.0486. The standard InChI is InChI=1S/C12H11BrN2O2/c1-6-4-3-5-7(2)8(6)10-14-11(16)9(13)12(17)15-10/h3-5H,1-2H3,(H2,14,15,16,17). The Bertz CT molecular complexity index is 615. The second-order valence-electron chi connectivity index (χ2n) is 3.82. The van der Waals surface area contributed by atoms with Crippen LogP contribution >= 0.6 is 15.9 Å². The molecule has 0 aliphatic heterocycles. The van der Waals surface area contributed by atoms with Gasteiger partial charge in [0.25, 0.3) is 5.56 Å². The molecule has 0 aliphatic rings. The molecule has 0 unspecified atom stereocenters. The van der Waals surface area contributed by atoms with E-state index in [1.807, 2.05) is 32.0 Å². The van der Waals surface area contributed by atoms with Gasteiger partial charge in [0.1, 0.15) is 10.3 Å². The van der Waals surface area contributed by atoms with Crippen molar-refractivity contribution in [2.24, 2.45) is 0 Å². The molecule has 4 nitrogen and oxygen atoms in total. The third-order valence-electron chi connectivity index (χ3n) is 2.56. The van der Waals surface area contributed by atoms with Crippen molar-refractivity contribution in [1.29, 1.82) is 0 Å². The van der Waals surface area contributed by atoms with Gasteiger partial charge in [0.15, 0.2) is 0 Å². The molecule has 2 rings (SSSR count). The van der Waals surface area contributed by atoms with Crippen LogP contribution in [0.2, 0.25) is 0 Å². The van der Waals surface area contributed by atoms with E-state index in [-0.39, 0.29) is 10.4 Å². The molecular weight excluding hydrogens is 284 g/mol. The predicted molar refractivity (Wildman–Crippen MR) is 69.1 cm³/mol. The maximum Gasteiger partial charge on any atom is 0.269 e. The maximum atomic E-state index is 11.6. The zero-order valence-corrected chi connectivity index (χ0v) is 11.0. The molecule has 1 aromatic carbocycles. The Hall–Kier alpha value is -1.62. The van der Waals surface area contributed by atoms with Gasteiger partial charge in [0, 0.05) is 5.56 Å². The van der Waals surface area contributed by atoms with Gasteiger partial charge in [-0.25, -0.2) is 0 Å². The van der Waals surface area contributed by atoms with Crippen LogP contribution in [0.5, 0.6) is 5.88 Å². The Morgan fingerprint density at radius 1 is 1.29 bits per heavy atom. The molecule has 0 saturated carbocycles. The minimum Gasteiger partial charge on any atom is -0.492 e. The predicted octanol–water partition coefficient (Wildman–Crippen LogP) is 2.52. The molecule has 2 N–H and O–H groups in total. The summed E-state index contributed by atoms with van der Waals surface area (Å²) < 4.78 is 0.0486. The number of aromatic amines is 1. The minimum atomic E-state index is -0.393. The van der Waals surface area contributed by atoms with E-state index in [1.165, 1.54) is 0 Å². The molecule has 17 heavy (non-hydrogen) atoms. The number of rotatable bonds is 1. The van der Waals surface area contributed by atoms with Crippen LogP contribution in [0, 0.1) is 13.8 Å². The number of aryl methyl sites for hydroxylation is 2. The summed E-state index contributed by atoms with van der Waals surface area (Å²) in [5.74, 6) is 0.0812. The lowest BCUT2D eigenvalue weighted by Gasteiger charge is -2.09. The summed E-state index contributed by atoms with van der Waals surface area (Å²) >= 11 is 2.97. The first-order valence-corrected chi connectivity index (χ1v) is 5.85. The smallest absolute Gasteiger partial charge is 0.269 e. The lowest BCUT2D eigenvalue weighted by atomic mass is 10.0. The van der Waals surface area contributed by atoms with Gasteiger partial charge in [-0.3, -0.25) is 4.79 Å². The number of hydrogen-bond acceptors (Lipinski definition) is 3. The number of nitrogens with zero attached hydrogens (tertiary/aromatic N) is 1. The van der Waals surface area contributed by atoms with E-state index < -0.39 is 5.56 Å². The van der Waals surface area contributed by atoms with E-state index in [2.05, 4.69) is 25.9 Å². The molecule has 0 fully saturated rings. The van der Waals surface area contributed by atoms with Crippen LogP contribution < -0.4 is 5.56 Å². The summed E-state index contributed by atoms with van der Waals surface area (Å²) in [6.45, 7) is 3.86. The Morgan fingerprint density at radius 3 is 2.41 bits per heavy atom. The highest BCUT2D eigenvalue weighted by Crippen LogP contribution is 2.26. The van der Waals surface area contributed by atoms with E-state index in [0.29, 0.717) is 5.82 Å². The van der Waals surface area contributed by atoms with Crippen LogP contribution in [0.1, 0.15) is 11.1 Å². The maximum absolute atomic E-state index is 11.6. The van der Waals surface area contributed by atoms with Gasteiger partial charge in [-0.2, -0.15) is 4.98 Å². The SMILES string of the molecule is Cc1cccc(C)c1-c1nc(O)c(Br)c(=O)[nH]1. The number of nitrogens with one attached hydrogen (secondary N) is 1. The van der Waals surface area contributed by atoms with Crippen molar-refractivity contribution >= 4 is 15.9 Å². The average Bonchev–Trinajstić information content (AvgIpc) is 2.25. The van der Waals surface area contributed by atoms with Crippen LogP contribution in [0.15, 0.2) is 27.5 Å². The number of benzene rings is 1. The summed E-state index contributed by atoms with van der Waals surface area (Å²) in [5.41, 5.74) is 2.44. The lowest BCUT2D eigenvalue weighted by Crippen LogP contribution is -2.10. The Morgan fingerprint density at radius 2 is 1.88 bits per heavy atom. The van der Waals surface area contributed by atoms with Crippen LogP contribution in [0.4, 0.5) is 0 Å². The monoisotopic (exact) mass is 294 g/mol. The van der Waals surface area contributed by atoms with Crippen molar-refractivity contribution < 1.29 is 5.11 Å². The first-order valence-electron chi connectivity index (χ1n) is 5.06. The van der Waals surface area contributed by atoms with Crippen molar-refractivity contribution in [3.05, 3.63) is 44.2 Å². The normalized spacial score (nSPS) is 10.5. The average molecular weight is 295 g/mol. The van der Waals surface area contributed by atoms with Gasteiger partial charge in [0.05, 0.1) is 0 Å². The first kappa shape index (κ1) is 11.9. The van der Waals surface area contributed by atoms with E-state index in [1.54, 1.807) is 0 Å². The van der Waals surface area contributed by atoms with Crippen molar-refractivity contribution in [2.75, 3.05) is 0 Å². The quantitative estimate of drug-likeness (QED) is 0.849. The molecule has 0 aliphatic carbocycles. The van der Waals surface area contributed by atoms with Crippen LogP contribution in [0.25, 0.3) is 11.4 Å². The lowest BCUT2D eigenvalue weighted by molar-refractivity contribution is 0.448. The van der Waals surface area contributed by atoms with E-state index in [9.17, 15) is 9.90 Å². The number of halogens is 1. The summed E-state index contributed by atoms with van der Waals surface area (Å²) in [7, 11) is 0. The zero-order chi connectivity index (χ0) is 12.6. The number of aromatic hydroxyl groups is 1. The van der Waals surface area contributed by atoms with Gasteiger partial charge in [-0.15, -0.1) is 0 Å². The third-order valence-corrected chi connectivity index (χ3v) is 3.28. The van der Waals surface area contributed by atoms with Gasteiger partial charge in [-0.05, 0) is 40.9 Å². The molecule has 0 spiro atoms. The molecular formula is C12H11BrN2O2. The molecule has 2 aromatic rings. The first-order chi connectivity index (χ1) is 8.00. The molecule has 0 amide bonds. The van der Waals surface area contributed by atoms with Crippen LogP contribution in [-0.4, -0.2) is 15.1 Å². The highest BCUT2D eigenvalue weighted by atomic mass is 79.9. The molecule has 1 aromatic heterocycles. The molecule has 1 heterocycles. The number of H-pyrrole nitrogens is 1. The highest BCUT2D eigenvalue weighted by molar-refractivity contribution is 9.10. The molecule has 88 valence electrons. The molecule has 0 atom stereocenters. The fourth-order valence-electron chi connectivity index (χ4n) is 1.75. The summed E-state index contributed by atoms with van der Waals surface area (Å²) in [4.78, 5) is 18.2. The zero-order valence-electron chi connectivity index (χ0n) is 9.41. The van der Waals surface area contributed by atoms with Crippen molar-refractivity contribution in [2.45, 2.75) is 13.8 Å². The Labute approximate surface area is 106 Å². The van der Waals surface area contributed by atoms with Gasteiger partial charge >= 0.3 is 0 Å². The second-order valence-corrected chi connectivity index (χ2v) is 4.61. The van der Waals surface area contributed by atoms with Crippen molar-refractivity contribution in [3.8, 4) is 17.3 Å². The van der Waals surface area contributed by atoms with Crippen molar-refractivity contribution in [3.63, 3.8) is 0 Å². The van der Waals surface area contributed by atoms with Crippen LogP contribution in [-0.2, 0) is 0 Å². The molecule has 0 bridgehead atoms. The largest absolute Gasteiger partial charge is 0.492 e. The fourth-order valence-corrected chi connectivity index (χ4v) is 1.94. The summed E-state index contributed by atoms with van der Waals surface area (Å²) in [6, 6.07) is 5.80. The van der Waals surface area contributed by atoms with E-state index >= 15 is 0 Å². The van der Waals surface area contributed by atoms with Gasteiger partial charge < -0.3 is 10.1 Å².